The maximum atomic E-state index is 12.3. The van der Waals surface area contributed by atoms with Crippen LogP contribution in [0, 0.1) is 0 Å². The predicted molar refractivity (Wildman–Crippen MR) is 97.7 cm³/mol. The smallest absolute Gasteiger partial charge is 0.320 e. The van der Waals surface area contributed by atoms with E-state index in [1.54, 1.807) is 20.8 Å². The Morgan fingerprint density at radius 2 is 1.76 bits per heavy atom. The summed E-state index contributed by atoms with van der Waals surface area (Å²) in [5, 5.41) is 4.61. The summed E-state index contributed by atoms with van der Waals surface area (Å²) in [5.74, 6) is -0.126. The first-order valence-electron chi connectivity index (χ1n) is 8.70. The lowest BCUT2D eigenvalue weighted by Gasteiger charge is -2.37. The highest BCUT2D eigenvalue weighted by molar-refractivity contribution is 7.12. The van der Waals surface area contributed by atoms with Crippen molar-refractivity contribution in [3.8, 4) is 0 Å². The number of hydrogen-bond donors (Lipinski definition) is 1. The molecular weight excluding hydrogens is 340 g/mol. The Kier molecular flexibility index (Phi) is 7.24. The van der Waals surface area contributed by atoms with Gasteiger partial charge in [0.15, 0.2) is 0 Å². The Balaban J connectivity index is 1.70. The molecule has 4 amide bonds. The van der Waals surface area contributed by atoms with E-state index in [2.05, 4.69) is 5.32 Å². The number of amides is 4. The zero-order valence-corrected chi connectivity index (χ0v) is 15.7. The molecule has 2 heterocycles. The van der Waals surface area contributed by atoms with Crippen molar-refractivity contribution in [3.63, 3.8) is 0 Å². The van der Waals surface area contributed by atoms with Crippen molar-refractivity contribution >= 4 is 29.2 Å². The van der Waals surface area contributed by atoms with Gasteiger partial charge in [-0.05, 0) is 25.3 Å². The lowest BCUT2D eigenvalue weighted by Crippen LogP contribution is -2.54. The largest absolute Gasteiger partial charge is 0.351 e. The Labute approximate surface area is 152 Å². The van der Waals surface area contributed by atoms with Crippen LogP contribution in [0.4, 0.5) is 4.79 Å². The van der Waals surface area contributed by atoms with Crippen LogP contribution in [0.2, 0.25) is 0 Å². The molecule has 1 saturated heterocycles. The molecule has 0 atom stereocenters. The molecule has 1 N–H and O–H groups in total. The van der Waals surface area contributed by atoms with Crippen LogP contribution in [0.1, 0.15) is 29.9 Å². The first kappa shape index (κ1) is 19.2. The van der Waals surface area contributed by atoms with Crippen LogP contribution in [0.5, 0.6) is 0 Å². The van der Waals surface area contributed by atoms with E-state index in [1.807, 2.05) is 25.3 Å². The maximum Gasteiger partial charge on any atom is 0.320 e. The molecule has 0 aliphatic carbocycles. The van der Waals surface area contributed by atoms with Gasteiger partial charge in [0.05, 0.1) is 4.88 Å². The van der Waals surface area contributed by atoms with Crippen molar-refractivity contribution in [2.75, 3.05) is 45.8 Å². The average molecular weight is 366 g/mol. The molecule has 2 rings (SSSR count). The molecule has 0 saturated carbocycles. The third-order valence-corrected chi connectivity index (χ3v) is 5.17. The van der Waals surface area contributed by atoms with Crippen molar-refractivity contribution in [3.05, 3.63) is 22.4 Å². The highest BCUT2D eigenvalue weighted by Crippen LogP contribution is 2.09. The zero-order chi connectivity index (χ0) is 18.2. The monoisotopic (exact) mass is 366 g/mol. The number of rotatable bonds is 6. The maximum absolute atomic E-state index is 12.3. The molecule has 1 aliphatic heterocycles. The fraction of sp³-hybridized carbons (Fsp3) is 0.588. The van der Waals surface area contributed by atoms with Gasteiger partial charge in [0, 0.05) is 52.2 Å². The van der Waals surface area contributed by atoms with Crippen molar-refractivity contribution < 1.29 is 14.4 Å². The summed E-state index contributed by atoms with van der Waals surface area (Å²) in [4.78, 5) is 42.4. The van der Waals surface area contributed by atoms with E-state index in [-0.39, 0.29) is 24.3 Å². The molecule has 7 nitrogen and oxygen atoms in total. The number of carbonyl (C=O) groups excluding carboxylic acids is 3. The van der Waals surface area contributed by atoms with Crippen LogP contribution in [-0.4, -0.2) is 78.4 Å². The van der Waals surface area contributed by atoms with Gasteiger partial charge >= 0.3 is 6.03 Å². The van der Waals surface area contributed by atoms with E-state index in [9.17, 15) is 14.4 Å². The van der Waals surface area contributed by atoms with Crippen molar-refractivity contribution in [2.45, 2.75) is 20.3 Å². The van der Waals surface area contributed by atoms with Gasteiger partial charge in [-0.2, -0.15) is 0 Å². The Bertz CT molecular complexity index is 579. The van der Waals surface area contributed by atoms with Crippen LogP contribution in [0.3, 0.4) is 0 Å². The Hall–Kier alpha value is -2.09. The van der Waals surface area contributed by atoms with Crippen LogP contribution in [0.15, 0.2) is 17.5 Å². The minimum absolute atomic E-state index is 0.0152. The second kappa shape index (κ2) is 9.41. The molecular formula is C17H26N4O3S. The number of urea groups is 1. The molecule has 25 heavy (non-hydrogen) atoms. The van der Waals surface area contributed by atoms with Gasteiger partial charge in [0.2, 0.25) is 5.91 Å². The number of nitrogens with zero attached hydrogens (tertiary/aromatic N) is 3. The Morgan fingerprint density at radius 3 is 2.32 bits per heavy atom. The SMILES string of the molecule is CCN(CC)C(=O)N1CCN(C(=O)CCNC(=O)c2cccs2)CC1. The summed E-state index contributed by atoms with van der Waals surface area (Å²) >= 11 is 1.38. The minimum atomic E-state index is -0.141. The van der Waals surface area contributed by atoms with Crippen LogP contribution in [0.25, 0.3) is 0 Å². The predicted octanol–water partition coefficient (Wildman–Crippen LogP) is 1.47. The molecule has 0 spiro atoms. The molecule has 1 aliphatic rings. The number of thiophene rings is 1. The molecule has 0 radical (unpaired) electrons. The summed E-state index contributed by atoms with van der Waals surface area (Å²) in [6.45, 7) is 7.85. The van der Waals surface area contributed by atoms with Crippen LogP contribution in [-0.2, 0) is 4.79 Å². The number of piperazine rings is 1. The second-order valence-corrected chi connectivity index (χ2v) is 6.75. The second-order valence-electron chi connectivity index (χ2n) is 5.81. The fourth-order valence-corrected chi connectivity index (χ4v) is 3.42. The van der Waals surface area contributed by atoms with Gasteiger partial charge in [0.1, 0.15) is 0 Å². The van der Waals surface area contributed by atoms with Crippen LogP contribution >= 0.6 is 11.3 Å². The molecule has 1 fully saturated rings. The van der Waals surface area contributed by atoms with Gasteiger partial charge in [0.25, 0.3) is 5.91 Å². The summed E-state index contributed by atoms with van der Waals surface area (Å²) in [5.41, 5.74) is 0. The highest BCUT2D eigenvalue weighted by Gasteiger charge is 2.25. The number of nitrogens with one attached hydrogen (secondary N) is 1. The summed E-state index contributed by atoms with van der Waals surface area (Å²) in [7, 11) is 0. The first-order chi connectivity index (χ1) is 12.1. The highest BCUT2D eigenvalue weighted by atomic mass is 32.1. The molecule has 138 valence electrons. The molecule has 8 heteroatoms. The molecule has 0 aromatic carbocycles. The summed E-state index contributed by atoms with van der Waals surface area (Å²) in [6.07, 6.45) is 0.279. The topological polar surface area (TPSA) is 73.0 Å². The van der Waals surface area contributed by atoms with Crippen molar-refractivity contribution in [1.82, 2.24) is 20.0 Å². The molecule has 1 aromatic heterocycles. The van der Waals surface area contributed by atoms with E-state index in [0.717, 1.165) is 0 Å². The number of carbonyl (C=O) groups is 3. The third-order valence-electron chi connectivity index (χ3n) is 4.31. The lowest BCUT2D eigenvalue weighted by atomic mass is 10.2. The van der Waals surface area contributed by atoms with E-state index in [0.29, 0.717) is 50.7 Å². The standard InChI is InChI=1S/C17H26N4O3S/c1-3-19(4-2)17(24)21-11-9-20(10-12-21)15(22)7-8-18-16(23)14-6-5-13-25-14/h5-6,13H,3-4,7-12H2,1-2H3,(H,18,23). The van der Waals surface area contributed by atoms with Crippen LogP contribution < -0.4 is 5.32 Å². The van der Waals surface area contributed by atoms with E-state index < -0.39 is 0 Å². The summed E-state index contributed by atoms with van der Waals surface area (Å²) < 4.78 is 0. The summed E-state index contributed by atoms with van der Waals surface area (Å²) in [6, 6.07) is 3.62. The fourth-order valence-electron chi connectivity index (χ4n) is 2.78. The average Bonchev–Trinajstić information content (AvgIpc) is 3.17. The minimum Gasteiger partial charge on any atom is -0.351 e. The Morgan fingerprint density at radius 1 is 1.12 bits per heavy atom. The van der Waals surface area contributed by atoms with Gasteiger partial charge < -0.3 is 20.0 Å². The quantitative estimate of drug-likeness (QED) is 0.829. The molecule has 1 aromatic rings. The third kappa shape index (κ3) is 5.19. The molecule has 0 bridgehead atoms. The first-order valence-corrected chi connectivity index (χ1v) is 9.58. The van der Waals surface area contributed by atoms with Gasteiger partial charge in [-0.15, -0.1) is 11.3 Å². The van der Waals surface area contributed by atoms with Gasteiger partial charge in [-0.3, -0.25) is 9.59 Å². The van der Waals surface area contributed by atoms with Gasteiger partial charge in [-0.1, -0.05) is 6.07 Å². The number of hydrogen-bond acceptors (Lipinski definition) is 4. The van der Waals surface area contributed by atoms with E-state index >= 15 is 0 Å². The molecule has 0 unspecified atom stereocenters. The zero-order valence-electron chi connectivity index (χ0n) is 14.9. The van der Waals surface area contributed by atoms with Crippen molar-refractivity contribution in [1.29, 1.82) is 0 Å². The van der Waals surface area contributed by atoms with E-state index in [4.69, 9.17) is 0 Å². The normalized spacial score (nSPS) is 14.3. The van der Waals surface area contributed by atoms with Gasteiger partial charge in [-0.25, -0.2) is 4.79 Å². The van der Waals surface area contributed by atoms with Crippen molar-refractivity contribution in [2.24, 2.45) is 0 Å². The van der Waals surface area contributed by atoms with E-state index in [1.165, 1.54) is 11.3 Å². The lowest BCUT2D eigenvalue weighted by molar-refractivity contribution is -0.132.